The largest absolute Gasteiger partial charge is 0.309 e. The Balaban J connectivity index is 2.49. The fourth-order valence-corrected chi connectivity index (χ4v) is 2.65. The van der Waals surface area contributed by atoms with Crippen LogP contribution in [0, 0.1) is 16.3 Å². The van der Waals surface area contributed by atoms with Gasteiger partial charge in [0.1, 0.15) is 5.82 Å². The summed E-state index contributed by atoms with van der Waals surface area (Å²) in [5, 5.41) is 3.22. The lowest BCUT2D eigenvalue weighted by atomic mass is 9.99. The van der Waals surface area contributed by atoms with Gasteiger partial charge in [0.15, 0.2) is 0 Å². The first kappa shape index (κ1) is 13.4. The van der Waals surface area contributed by atoms with Crippen LogP contribution in [0.3, 0.4) is 0 Å². The van der Waals surface area contributed by atoms with E-state index >= 15 is 0 Å². The molecule has 0 bridgehead atoms. The minimum atomic E-state index is -0.310. The van der Waals surface area contributed by atoms with Gasteiger partial charge in [-0.15, -0.1) is 0 Å². The summed E-state index contributed by atoms with van der Waals surface area (Å²) in [6, 6.07) is 7.62. The number of hydrogen-bond acceptors (Lipinski definition) is 2. The number of nitrogens with zero attached hydrogens (tertiary/aromatic N) is 1. The summed E-state index contributed by atoms with van der Waals surface area (Å²) in [7, 11) is 1.87. The van der Waals surface area contributed by atoms with Gasteiger partial charge in [-0.2, -0.15) is 0 Å². The maximum Gasteiger partial charge on any atom is 0.141 e. The van der Waals surface area contributed by atoms with Crippen LogP contribution in [0.2, 0.25) is 0 Å². The summed E-state index contributed by atoms with van der Waals surface area (Å²) in [6.07, 6.45) is 2.92. The summed E-state index contributed by atoms with van der Waals surface area (Å²) in [6.45, 7) is 2.07. The van der Waals surface area contributed by atoms with Gasteiger partial charge in [-0.3, -0.25) is 4.98 Å². The van der Waals surface area contributed by atoms with Gasteiger partial charge in [0.05, 0.1) is 12.2 Å². The molecule has 0 aliphatic carbocycles. The first-order valence-corrected chi connectivity index (χ1v) is 6.74. The zero-order valence-corrected chi connectivity index (χ0v) is 12.4. The Labute approximate surface area is 120 Å². The van der Waals surface area contributed by atoms with E-state index in [0.717, 1.165) is 11.1 Å². The van der Waals surface area contributed by atoms with E-state index in [4.69, 9.17) is 0 Å². The van der Waals surface area contributed by atoms with Crippen LogP contribution in [0.4, 0.5) is 4.39 Å². The molecule has 1 atom stereocenters. The Kier molecular flexibility index (Phi) is 4.29. The summed E-state index contributed by atoms with van der Waals surface area (Å²) in [4.78, 5) is 3.91. The highest BCUT2D eigenvalue weighted by Crippen LogP contribution is 2.27. The van der Waals surface area contributed by atoms with Gasteiger partial charge in [0, 0.05) is 9.77 Å². The van der Waals surface area contributed by atoms with Crippen molar-refractivity contribution in [2.75, 3.05) is 7.05 Å². The molecule has 1 aromatic carbocycles. The smallest absolute Gasteiger partial charge is 0.141 e. The quantitative estimate of drug-likeness (QED) is 0.853. The van der Waals surface area contributed by atoms with Crippen molar-refractivity contribution in [3.63, 3.8) is 0 Å². The molecular formula is C14H14FIN2. The van der Waals surface area contributed by atoms with Gasteiger partial charge in [0.25, 0.3) is 0 Å². The van der Waals surface area contributed by atoms with Crippen LogP contribution in [0.1, 0.15) is 22.7 Å². The van der Waals surface area contributed by atoms with Gasteiger partial charge in [0.2, 0.25) is 0 Å². The van der Waals surface area contributed by atoms with Crippen molar-refractivity contribution in [3.05, 3.63) is 62.7 Å². The predicted molar refractivity (Wildman–Crippen MR) is 79.0 cm³/mol. The topological polar surface area (TPSA) is 24.9 Å². The lowest BCUT2D eigenvalue weighted by Crippen LogP contribution is -2.19. The Morgan fingerprint density at radius 1 is 1.33 bits per heavy atom. The zero-order valence-electron chi connectivity index (χ0n) is 10.2. The second kappa shape index (κ2) is 5.75. The van der Waals surface area contributed by atoms with E-state index in [1.54, 1.807) is 6.20 Å². The van der Waals surface area contributed by atoms with Gasteiger partial charge < -0.3 is 5.32 Å². The highest BCUT2D eigenvalue weighted by molar-refractivity contribution is 14.1. The Bertz CT molecular complexity index is 557. The average molecular weight is 356 g/mol. The molecule has 0 spiro atoms. The lowest BCUT2D eigenvalue weighted by Gasteiger charge is -2.19. The summed E-state index contributed by atoms with van der Waals surface area (Å²) >= 11 is 2.32. The van der Waals surface area contributed by atoms with Gasteiger partial charge in [-0.05, 0) is 59.3 Å². The lowest BCUT2D eigenvalue weighted by molar-refractivity contribution is 0.608. The van der Waals surface area contributed by atoms with E-state index in [2.05, 4.69) is 51.9 Å². The van der Waals surface area contributed by atoms with Gasteiger partial charge in [-0.1, -0.05) is 18.2 Å². The maximum atomic E-state index is 13.3. The SMILES string of the molecule is CNC(c1cncc(F)c1)c1cccc(C)c1I. The molecule has 2 aromatic rings. The maximum absolute atomic E-state index is 13.3. The van der Waals surface area contributed by atoms with Gasteiger partial charge in [-0.25, -0.2) is 4.39 Å². The molecule has 0 saturated heterocycles. The normalized spacial score (nSPS) is 12.4. The van der Waals surface area contributed by atoms with Crippen LogP contribution in [-0.4, -0.2) is 12.0 Å². The highest BCUT2D eigenvalue weighted by Gasteiger charge is 2.16. The molecule has 2 nitrogen and oxygen atoms in total. The van der Waals surface area contributed by atoms with Crippen LogP contribution in [0.15, 0.2) is 36.7 Å². The Morgan fingerprint density at radius 2 is 2.11 bits per heavy atom. The molecule has 1 aromatic heterocycles. The highest BCUT2D eigenvalue weighted by atomic mass is 127. The third kappa shape index (κ3) is 2.70. The van der Waals surface area contributed by atoms with Crippen LogP contribution < -0.4 is 5.32 Å². The number of nitrogens with one attached hydrogen (secondary N) is 1. The fraction of sp³-hybridized carbons (Fsp3) is 0.214. The third-order valence-electron chi connectivity index (χ3n) is 2.88. The molecular weight excluding hydrogens is 342 g/mol. The molecule has 1 N–H and O–H groups in total. The molecule has 4 heteroatoms. The first-order valence-electron chi connectivity index (χ1n) is 5.66. The monoisotopic (exact) mass is 356 g/mol. The van der Waals surface area contributed by atoms with E-state index in [0.29, 0.717) is 0 Å². The van der Waals surface area contributed by atoms with Crippen molar-refractivity contribution in [2.45, 2.75) is 13.0 Å². The molecule has 94 valence electrons. The van der Waals surface area contributed by atoms with Crippen molar-refractivity contribution >= 4 is 22.6 Å². The first-order chi connectivity index (χ1) is 8.63. The number of aryl methyl sites for hydroxylation is 1. The predicted octanol–water partition coefficient (Wildman–Crippen LogP) is 3.44. The molecule has 2 rings (SSSR count). The van der Waals surface area contributed by atoms with E-state index in [1.807, 2.05) is 13.1 Å². The Morgan fingerprint density at radius 3 is 2.78 bits per heavy atom. The van der Waals surface area contributed by atoms with Gasteiger partial charge >= 0.3 is 0 Å². The van der Waals surface area contributed by atoms with Crippen molar-refractivity contribution in [1.82, 2.24) is 10.3 Å². The minimum Gasteiger partial charge on any atom is -0.309 e. The fourth-order valence-electron chi connectivity index (χ4n) is 1.98. The molecule has 0 fully saturated rings. The average Bonchev–Trinajstić information content (AvgIpc) is 2.35. The van der Waals surface area contributed by atoms with E-state index in [9.17, 15) is 4.39 Å². The molecule has 0 saturated carbocycles. The Hall–Kier alpha value is -1.01. The van der Waals surface area contributed by atoms with Crippen LogP contribution in [-0.2, 0) is 0 Å². The number of hydrogen-bond donors (Lipinski definition) is 1. The number of halogens is 2. The zero-order chi connectivity index (χ0) is 13.1. The van der Waals surface area contributed by atoms with Crippen molar-refractivity contribution in [3.8, 4) is 0 Å². The number of benzene rings is 1. The van der Waals surface area contributed by atoms with E-state index in [1.165, 1.54) is 21.4 Å². The van der Waals surface area contributed by atoms with Crippen molar-refractivity contribution < 1.29 is 4.39 Å². The standard InChI is InChI=1S/C14H14FIN2/c1-9-4-3-5-12(13(9)16)14(17-2)10-6-11(15)8-18-7-10/h3-8,14,17H,1-2H3. The second-order valence-corrected chi connectivity index (χ2v) is 5.22. The summed E-state index contributed by atoms with van der Waals surface area (Å²) < 4.78 is 14.5. The molecule has 0 aliphatic heterocycles. The second-order valence-electron chi connectivity index (χ2n) is 4.14. The molecule has 0 amide bonds. The van der Waals surface area contributed by atoms with Crippen molar-refractivity contribution in [2.24, 2.45) is 0 Å². The summed E-state index contributed by atoms with van der Waals surface area (Å²) in [5.74, 6) is -0.310. The van der Waals surface area contributed by atoms with Crippen LogP contribution in [0.5, 0.6) is 0 Å². The van der Waals surface area contributed by atoms with Crippen molar-refractivity contribution in [1.29, 1.82) is 0 Å². The van der Waals surface area contributed by atoms with E-state index < -0.39 is 0 Å². The minimum absolute atomic E-state index is 0.0417. The molecule has 18 heavy (non-hydrogen) atoms. The number of pyridine rings is 1. The molecule has 1 heterocycles. The van der Waals surface area contributed by atoms with Crippen LogP contribution >= 0.6 is 22.6 Å². The van der Waals surface area contributed by atoms with Crippen LogP contribution in [0.25, 0.3) is 0 Å². The van der Waals surface area contributed by atoms with E-state index in [-0.39, 0.29) is 11.9 Å². The summed E-state index contributed by atoms with van der Waals surface area (Å²) in [5.41, 5.74) is 3.20. The number of aromatic nitrogens is 1. The molecule has 0 radical (unpaired) electrons. The number of rotatable bonds is 3. The third-order valence-corrected chi connectivity index (χ3v) is 4.35. The molecule has 1 unspecified atom stereocenters. The molecule has 0 aliphatic rings.